The predicted molar refractivity (Wildman–Crippen MR) is 89.4 cm³/mol. The molecule has 1 saturated heterocycles. The van der Waals surface area contributed by atoms with Crippen LogP contribution in [0.4, 0.5) is 0 Å². The quantitative estimate of drug-likeness (QED) is 0.927. The van der Waals surface area contributed by atoms with Crippen molar-refractivity contribution in [3.63, 3.8) is 0 Å². The number of carbonyl (C=O) groups excluding carboxylic acids is 1. The molecule has 0 radical (unpaired) electrons. The molecule has 1 saturated carbocycles. The predicted octanol–water partition coefficient (Wildman–Crippen LogP) is 3.57. The number of carbonyl (C=O) groups is 1. The number of benzene rings is 1. The first-order valence-electron chi connectivity index (χ1n) is 8.77. The number of hydrogen-bond donors (Lipinski definition) is 1. The van der Waals surface area contributed by atoms with Gasteiger partial charge in [-0.15, -0.1) is 0 Å². The van der Waals surface area contributed by atoms with Gasteiger partial charge in [0.05, 0.1) is 6.04 Å². The van der Waals surface area contributed by atoms with Crippen LogP contribution in [0.1, 0.15) is 62.1 Å². The molecule has 0 spiro atoms. The number of rotatable bonds is 3. The van der Waals surface area contributed by atoms with Crippen LogP contribution >= 0.6 is 0 Å². The number of aryl methyl sites for hydroxylation is 1. The standard InChI is InChI=1S/C19H28N2O/c1-14-7-2-4-9-16(14)18-11-6-12-21(18)19(22)13-15-8-3-5-10-17(15)20/h2,4,7,9,15,17-18H,3,5-6,8,10-13,20H2,1H3. The Morgan fingerprint density at radius 1 is 1.18 bits per heavy atom. The summed E-state index contributed by atoms with van der Waals surface area (Å²) in [6.07, 6.45) is 7.50. The smallest absolute Gasteiger partial charge is 0.223 e. The zero-order valence-electron chi connectivity index (χ0n) is 13.6. The van der Waals surface area contributed by atoms with E-state index in [-0.39, 0.29) is 12.1 Å². The van der Waals surface area contributed by atoms with Crippen LogP contribution < -0.4 is 5.73 Å². The van der Waals surface area contributed by atoms with Crippen molar-refractivity contribution in [2.24, 2.45) is 11.7 Å². The summed E-state index contributed by atoms with van der Waals surface area (Å²) in [5.41, 5.74) is 8.84. The van der Waals surface area contributed by atoms with Gasteiger partial charge in [0.15, 0.2) is 0 Å². The van der Waals surface area contributed by atoms with Gasteiger partial charge in [-0.25, -0.2) is 0 Å². The van der Waals surface area contributed by atoms with E-state index in [4.69, 9.17) is 5.73 Å². The third-order valence-electron chi connectivity index (χ3n) is 5.53. The molecule has 2 aliphatic rings. The lowest BCUT2D eigenvalue weighted by Crippen LogP contribution is -2.38. The second kappa shape index (κ2) is 6.82. The first-order chi connectivity index (χ1) is 10.7. The van der Waals surface area contributed by atoms with Crippen molar-refractivity contribution in [3.8, 4) is 0 Å². The minimum atomic E-state index is 0.220. The molecule has 22 heavy (non-hydrogen) atoms. The second-order valence-electron chi connectivity index (χ2n) is 7.01. The molecule has 2 N–H and O–H groups in total. The average Bonchev–Trinajstić information content (AvgIpc) is 2.99. The summed E-state index contributed by atoms with van der Waals surface area (Å²) < 4.78 is 0. The van der Waals surface area contributed by atoms with E-state index in [0.717, 1.165) is 32.2 Å². The Morgan fingerprint density at radius 3 is 2.73 bits per heavy atom. The summed E-state index contributed by atoms with van der Waals surface area (Å²) >= 11 is 0. The number of nitrogens with two attached hydrogens (primary N) is 1. The molecule has 3 heteroatoms. The summed E-state index contributed by atoms with van der Waals surface area (Å²) in [4.78, 5) is 14.9. The maximum Gasteiger partial charge on any atom is 0.223 e. The number of likely N-dealkylation sites (tertiary alicyclic amines) is 1. The molecule has 1 amide bonds. The van der Waals surface area contributed by atoms with Crippen molar-refractivity contribution in [3.05, 3.63) is 35.4 Å². The molecule has 120 valence electrons. The molecule has 0 bridgehead atoms. The van der Waals surface area contributed by atoms with Crippen LogP contribution in [0.3, 0.4) is 0 Å². The highest BCUT2D eigenvalue weighted by Crippen LogP contribution is 2.35. The molecule has 2 fully saturated rings. The Bertz CT molecular complexity index is 528. The zero-order chi connectivity index (χ0) is 15.5. The highest BCUT2D eigenvalue weighted by atomic mass is 16.2. The highest BCUT2D eigenvalue weighted by Gasteiger charge is 2.33. The van der Waals surface area contributed by atoms with E-state index in [1.807, 2.05) is 0 Å². The van der Waals surface area contributed by atoms with E-state index in [2.05, 4.69) is 36.1 Å². The molecular formula is C19H28N2O. The third-order valence-corrected chi connectivity index (χ3v) is 5.53. The molecule has 3 unspecified atom stereocenters. The molecule has 1 aliphatic carbocycles. The van der Waals surface area contributed by atoms with Crippen LogP contribution in [0, 0.1) is 12.8 Å². The Morgan fingerprint density at radius 2 is 1.95 bits per heavy atom. The monoisotopic (exact) mass is 300 g/mol. The molecule has 1 aromatic carbocycles. The van der Waals surface area contributed by atoms with E-state index in [1.165, 1.54) is 24.0 Å². The first kappa shape index (κ1) is 15.5. The summed E-state index contributed by atoms with van der Waals surface area (Å²) in [5.74, 6) is 0.701. The molecule has 1 aliphatic heterocycles. The molecule has 3 rings (SSSR count). The fourth-order valence-electron chi connectivity index (χ4n) is 4.18. The fraction of sp³-hybridized carbons (Fsp3) is 0.632. The van der Waals surface area contributed by atoms with E-state index < -0.39 is 0 Å². The Labute approximate surface area is 133 Å². The van der Waals surface area contributed by atoms with Crippen molar-refractivity contribution in [2.75, 3.05) is 6.54 Å². The van der Waals surface area contributed by atoms with E-state index in [1.54, 1.807) is 0 Å². The lowest BCUT2D eigenvalue weighted by atomic mass is 9.82. The van der Waals surface area contributed by atoms with Gasteiger partial charge in [0.1, 0.15) is 0 Å². The largest absolute Gasteiger partial charge is 0.336 e. The van der Waals surface area contributed by atoms with Gasteiger partial charge in [-0.05, 0) is 49.7 Å². The molecule has 0 aromatic heterocycles. The van der Waals surface area contributed by atoms with Crippen LogP contribution in [0.2, 0.25) is 0 Å². The van der Waals surface area contributed by atoms with Crippen molar-refractivity contribution in [1.82, 2.24) is 4.90 Å². The SMILES string of the molecule is Cc1ccccc1C1CCCN1C(=O)CC1CCCCC1N. The van der Waals surface area contributed by atoms with Gasteiger partial charge in [-0.2, -0.15) is 0 Å². The van der Waals surface area contributed by atoms with E-state index >= 15 is 0 Å². The topological polar surface area (TPSA) is 46.3 Å². The number of nitrogens with zero attached hydrogens (tertiary/aromatic N) is 1. The zero-order valence-corrected chi connectivity index (χ0v) is 13.6. The van der Waals surface area contributed by atoms with Crippen LogP contribution in [0.5, 0.6) is 0 Å². The maximum absolute atomic E-state index is 12.8. The minimum Gasteiger partial charge on any atom is -0.336 e. The molecule has 3 nitrogen and oxygen atoms in total. The number of hydrogen-bond acceptors (Lipinski definition) is 2. The van der Waals surface area contributed by atoms with Crippen LogP contribution in [-0.2, 0) is 4.79 Å². The molecule has 1 heterocycles. The van der Waals surface area contributed by atoms with Gasteiger partial charge in [0, 0.05) is 19.0 Å². The van der Waals surface area contributed by atoms with Gasteiger partial charge >= 0.3 is 0 Å². The van der Waals surface area contributed by atoms with Crippen molar-refractivity contribution in [2.45, 2.75) is 64.0 Å². The second-order valence-corrected chi connectivity index (χ2v) is 7.01. The number of amides is 1. The molecule has 1 aromatic rings. The lowest BCUT2D eigenvalue weighted by Gasteiger charge is -2.32. The minimum absolute atomic E-state index is 0.220. The van der Waals surface area contributed by atoms with E-state index in [0.29, 0.717) is 18.2 Å². The van der Waals surface area contributed by atoms with Gasteiger partial charge in [0.25, 0.3) is 0 Å². The lowest BCUT2D eigenvalue weighted by molar-refractivity contribution is -0.133. The summed E-state index contributed by atoms with van der Waals surface area (Å²) in [6, 6.07) is 8.97. The van der Waals surface area contributed by atoms with Crippen LogP contribution in [0.25, 0.3) is 0 Å². The van der Waals surface area contributed by atoms with E-state index in [9.17, 15) is 4.79 Å². The van der Waals surface area contributed by atoms with Crippen molar-refractivity contribution >= 4 is 5.91 Å². The Kier molecular flexibility index (Phi) is 4.82. The average molecular weight is 300 g/mol. The summed E-state index contributed by atoms with van der Waals surface area (Å²) in [5, 5.41) is 0. The van der Waals surface area contributed by atoms with Gasteiger partial charge in [-0.1, -0.05) is 37.1 Å². The van der Waals surface area contributed by atoms with Gasteiger partial charge in [0.2, 0.25) is 5.91 Å². The summed E-state index contributed by atoms with van der Waals surface area (Å²) in [7, 11) is 0. The van der Waals surface area contributed by atoms with Crippen LogP contribution in [-0.4, -0.2) is 23.4 Å². The van der Waals surface area contributed by atoms with Gasteiger partial charge in [-0.3, -0.25) is 4.79 Å². The normalized spacial score (nSPS) is 28.8. The highest BCUT2D eigenvalue weighted by molar-refractivity contribution is 5.77. The van der Waals surface area contributed by atoms with Crippen molar-refractivity contribution in [1.29, 1.82) is 0 Å². The Balaban J connectivity index is 1.70. The fourth-order valence-corrected chi connectivity index (χ4v) is 4.18. The third kappa shape index (κ3) is 3.19. The molecule has 3 atom stereocenters. The van der Waals surface area contributed by atoms with Crippen molar-refractivity contribution < 1.29 is 4.79 Å². The van der Waals surface area contributed by atoms with Gasteiger partial charge < -0.3 is 10.6 Å². The molecular weight excluding hydrogens is 272 g/mol. The maximum atomic E-state index is 12.8. The first-order valence-corrected chi connectivity index (χ1v) is 8.77. The summed E-state index contributed by atoms with van der Waals surface area (Å²) in [6.45, 7) is 3.05. The van der Waals surface area contributed by atoms with Crippen LogP contribution in [0.15, 0.2) is 24.3 Å². The Hall–Kier alpha value is -1.35.